The number of halogens is 3. The monoisotopic (exact) mass is 202 g/mol. The molecule has 0 N–H and O–H groups in total. The van der Waals surface area contributed by atoms with Crippen molar-refractivity contribution < 1.29 is 12.9 Å². The number of benzene rings is 1. The van der Waals surface area contributed by atoms with Crippen LogP contribution in [0.2, 0.25) is 0 Å². The van der Waals surface area contributed by atoms with Crippen molar-refractivity contribution in [2.45, 2.75) is 0 Å². The van der Waals surface area contributed by atoms with Crippen LogP contribution in [0, 0.1) is 0 Å². The molecule has 2 rings (SSSR count). The highest BCUT2D eigenvalue weighted by Gasteiger charge is 2.27. The van der Waals surface area contributed by atoms with Gasteiger partial charge in [-0.1, -0.05) is 17.6 Å². The lowest BCUT2D eigenvalue weighted by Gasteiger charge is -2.14. The topological polar surface area (TPSA) is 12.9 Å². The van der Waals surface area contributed by atoms with E-state index in [1.165, 1.54) is 11.6 Å². The number of rotatable bonds is 1. The van der Waals surface area contributed by atoms with E-state index in [1.54, 1.807) is 6.07 Å². The second kappa shape index (κ2) is 2.73. The molecule has 0 fully saturated rings. The maximum Gasteiger partial charge on any atom is 0.511 e. The van der Waals surface area contributed by atoms with E-state index < -0.39 is 12.4 Å². The molecule has 0 unspecified atom stereocenters. The molecule has 0 aliphatic heterocycles. The van der Waals surface area contributed by atoms with Crippen molar-refractivity contribution in [2.24, 2.45) is 0 Å². The summed E-state index contributed by atoms with van der Waals surface area (Å²) in [5.41, 5.74) is 1.30. The third-order valence-electron chi connectivity index (χ3n) is 1.74. The molecular weight excluding hydrogens is 198 g/mol. The van der Waals surface area contributed by atoms with Crippen molar-refractivity contribution in [3.63, 3.8) is 0 Å². The van der Waals surface area contributed by atoms with Crippen molar-refractivity contribution in [3.05, 3.63) is 23.7 Å². The summed E-state index contributed by atoms with van der Waals surface area (Å²) < 4.78 is 37.5. The Bertz CT molecular complexity index is 436. The summed E-state index contributed by atoms with van der Waals surface area (Å²) >= 11 is 1.03. The Balaban J connectivity index is 2.75. The average Bonchev–Trinajstić information content (AvgIpc) is 2.48. The van der Waals surface area contributed by atoms with Crippen molar-refractivity contribution in [2.75, 3.05) is 0 Å². The molecule has 1 aromatic carbocycles. The van der Waals surface area contributed by atoms with Gasteiger partial charge in [0.1, 0.15) is 0 Å². The molecule has 68 valence electrons. The first-order chi connectivity index (χ1) is 6.09. The second-order valence-corrected chi connectivity index (χ2v) is 3.48. The largest absolute Gasteiger partial charge is 0.511 e. The Kier molecular flexibility index (Phi) is 1.80. The number of hydrogen-bond acceptors (Lipinski definition) is 2. The highest BCUT2D eigenvalue weighted by molar-refractivity contribution is 7.18. The summed E-state index contributed by atoms with van der Waals surface area (Å²) in [7, 11) is 0. The summed E-state index contributed by atoms with van der Waals surface area (Å²) in [4.78, 5) is 3.82. The summed E-state index contributed by atoms with van der Waals surface area (Å²) in [6.07, 6.45) is 0. The van der Waals surface area contributed by atoms with E-state index in [2.05, 4.69) is 4.98 Å². The van der Waals surface area contributed by atoms with E-state index in [-0.39, 0.29) is 4.70 Å². The van der Waals surface area contributed by atoms with Crippen LogP contribution in [0.4, 0.5) is 12.9 Å². The maximum absolute atomic E-state index is 12.4. The Hall–Kier alpha value is -1.04. The molecule has 1 heterocycles. The van der Waals surface area contributed by atoms with E-state index in [1.807, 2.05) is 0 Å². The molecule has 0 aliphatic rings. The van der Waals surface area contributed by atoms with Crippen LogP contribution in [0.5, 0.6) is 0 Å². The fourth-order valence-electron chi connectivity index (χ4n) is 1.17. The van der Waals surface area contributed by atoms with Crippen molar-refractivity contribution in [3.8, 4) is 0 Å². The van der Waals surface area contributed by atoms with Crippen LogP contribution >= 0.6 is 11.3 Å². The first kappa shape index (κ1) is 8.56. The zero-order valence-electron chi connectivity index (χ0n) is 6.38. The number of fused-ring (bicyclic) bond motifs is 1. The van der Waals surface area contributed by atoms with Gasteiger partial charge in [0.15, 0.2) is 0 Å². The number of nitrogens with zero attached hydrogens (tertiary/aromatic N) is 1. The van der Waals surface area contributed by atoms with Gasteiger partial charge < -0.3 is 12.9 Å². The van der Waals surface area contributed by atoms with Crippen molar-refractivity contribution in [1.82, 2.24) is 4.98 Å². The molecule has 0 spiro atoms. The third-order valence-corrected chi connectivity index (χ3v) is 2.63. The van der Waals surface area contributed by atoms with Gasteiger partial charge in [0.05, 0.1) is 11.0 Å². The first-order valence-electron chi connectivity index (χ1n) is 3.61. The van der Waals surface area contributed by atoms with Gasteiger partial charge in [0, 0.05) is 4.70 Å². The van der Waals surface area contributed by atoms with Gasteiger partial charge in [-0.15, -0.1) is 11.3 Å². The molecule has 0 radical (unpaired) electrons. The first-order valence-corrected chi connectivity index (χ1v) is 4.49. The Morgan fingerprint density at radius 3 is 2.69 bits per heavy atom. The third kappa shape index (κ3) is 1.41. The van der Waals surface area contributed by atoms with Crippen LogP contribution in [-0.4, -0.2) is 12.0 Å². The van der Waals surface area contributed by atoms with E-state index in [0.717, 1.165) is 17.4 Å². The predicted octanol–water partition coefficient (Wildman–Crippen LogP) is 2.35. The molecule has 0 saturated carbocycles. The smallest absolute Gasteiger partial charge is 0.445 e. The van der Waals surface area contributed by atoms with E-state index in [0.29, 0.717) is 5.52 Å². The minimum atomic E-state index is -4.92. The Labute approximate surface area is 76.3 Å². The lowest BCUT2D eigenvalue weighted by Crippen LogP contribution is -2.33. The fourth-order valence-corrected chi connectivity index (χ4v) is 2.02. The van der Waals surface area contributed by atoms with E-state index in [4.69, 9.17) is 0 Å². The van der Waals surface area contributed by atoms with Gasteiger partial charge >= 0.3 is 6.98 Å². The van der Waals surface area contributed by atoms with Gasteiger partial charge in [-0.25, -0.2) is 4.98 Å². The van der Waals surface area contributed by atoms with Crippen LogP contribution in [0.15, 0.2) is 23.7 Å². The molecule has 0 amide bonds. The SMILES string of the molecule is F[B-](F)(F)c1cccc2ncsc12. The van der Waals surface area contributed by atoms with E-state index >= 15 is 0 Å². The molecule has 0 atom stereocenters. The molecule has 0 bridgehead atoms. The van der Waals surface area contributed by atoms with Crippen LogP contribution < -0.4 is 5.46 Å². The average molecular weight is 202 g/mol. The summed E-state index contributed by atoms with van der Waals surface area (Å²) in [6, 6.07) is 4.06. The lowest BCUT2D eigenvalue weighted by atomic mass is 9.80. The quantitative estimate of drug-likeness (QED) is 0.646. The minimum absolute atomic E-state index is 0.231. The predicted molar refractivity (Wildman–Crippen MR) is 48.3 cm³/mol. The molecule has 1 nitrogen and oxygen atoms in total. The van der Waals surface area contributed by atoms with Gasteiger partial charge in [0.2, 0.25) is 0 Å². The molecule has 2 aromatic rings. The lowest BCUT2D eigenvalue weighted by molar-refractivity contribution is 0.502. The van der Waals surface area contributed by atoms with Gasteiger partial charge in [-0.2, -0.15) is 0 Å². The number of thiazole rings is 1. The number of hydrogen-bond donors (Lipinski definition) is 0. The Morgan fingerprint density at radius 1 is 1.23 bits per heavy atom. The van der Waals surface area contributed by atoms with E-state index in [9.17, 15) is 12.9 Å². The highest BCUT2D eigenvalue weighted by Crippen LogP contribution is 2.20. The normalized spacial score (nSPS) is 12.2. The van der Waals surface area contributed by atoms with Crippen molar-refractivity contribution >= 4 is 34.0 Å². The van der Waals surface area contributed by atoms with Gasteiger partial charge in [-0.3, -0.25) is 0 Å². The second-order valence-electron chi connectivity index (χ2n) is 2.62. The molecule has 1 aromatic heterocycles. The summed E-state index contributed by atoms with van der Waals surface area (Å²) in [5, 5.41) is 0. The van der Waals surface area contributed by atoms with Gasteiger partial charge in [0.25, 0.3) is 0 Å². The molecule has 6 heteroatoms. The van der Waals surface area contributed by atoms with Crippen LogP contribution in [0.3, 0.4) is 0 Å². The zero-order valence-corrected chi connectivity index (χ0v) is 7.19. The van der Waals surface area contributed by atoms with Crippen LogP contribution in [0.25, 0.3) is 10.2 Å². The highest BCUT2D eigenvalue weighted by atomic mass is 32.1. The Morgan fingerprint density at radius 2 is 2.00 bits per heavy atom. The molecule has 13 heavy (non-hydrogen) atoms. The minimum Gasteiger partial charge on any atom is -0.445 e. The van der Waals surface area contributed by atoms with Crippen LogP contribution in [0.1, 0.15) is 0 Å². The van der Waals surface area contributed by atoms with Gasteiger partial charge in [-0.05, 0) is 6.07 Å². The molecule has 0 saturated heterocycles. The van der Waals surface area contributed by atoms with Crippen molar-refractivity contribution in [1.29, 1.82) is 0 Å². The summed E-state index contributed by atoms with van der Waals surface area (Å²) in [6.45, 7) is -4.92. The van der Waals surface area contributed by atoms with Crippen LogP contribution in [-0.2, 0) is 0 Å². The zero-order chi connectivity index (χ0) is 9.47. The molecule has 0 aliphatic carbocycles. The number of aromatic nitrogens is 1. The maximum atomic E-state index is 12.4. The standard InChI is InChI=1S/C7H4BF3NS/c9-8(10,11)5-2-1-3-6-7(5)13-4-12-6/h1-4H/q-1. The summed E-state index contributed by atoms with van der Waals surface area (Å²) in [5.74, 6) is 0. The fraction of sp³-hybridized carbons (Fsp3) is 0. The molecular formula is C7H4BF3NS-.